The van der Waals surface area contributed by atoms with Gasteiger partial charge >= 0.3 is 0 Å². The van der Waals surface area contributed by atoms with E-state index in [1.165, 1.54) is 22.6 Å². The van der Waals surface area contributed by atoms with E-state index in [1.54, 1.807) is 23.5 Å². The van der Waals surface area contributed by atoms with Gasteiger partial charge in [0.25, 0.3) is 0 Å². The number of halogens is 1. The number of benzene rings is 1. The Bertz CT molecular complexity index is 655. The van der Waals surface area contributed by atoms with E-state index in [-0.39, 0.29) is 17.8 Å². The number of hydrogen-bond donors (Lipinski definition) is 1. The largest absolute Gasteiger partial charge is 0.325 e. The van der Waals surface area contributed by atoms with Crippen LogP contribution in [0.2, 0.25) is 0 Å². The first-order valence-electron chi connectivity index (χ1n) is 6.99. The highest BCUT2D eigenvalue weighted by Gasteiger charge is 2.26. The van der Waals surface area contributed by atoms with Crippen LogP contribution in [0.5, 0.6) is 0 Å². The molecule has 1 amide bonds. The van der Waals surface area contributed by atoms with Gasteiger partial charge < -0.3 is 5.32 Å². The molecule has 0 saturated carbocycles. The summed E-state index contributed by atoms with van der Waals surface area (Å²) in [5.74, 6) is -0.451. The topological polar surface area (TPSA) is 32.3 Å². The molecule has 21 heavy (non-hydrogen) atoms. The number of thiophene rings is 1. The Kier molecular flexibility index (Phi) is 4.03. The van der Waals surface area contributed by atoms with Gasteiger partial charge in [-0.15, -0.1) is 11.3 Å². The molecule has 110 valence electrons. The van der Waals surface area contributed by atoms with Crippen molar-refractivity contribution in [2.45, 2.75) is 19.4 Å². The summed E-state index contributed by atoms with van der Waals surface area (Å²) in [5, 5.41) is 4.86. The highest BCUT2D eigenvalue weighted by Crippen LogP contribution is 2.32. The number of hydrogen-bond acceptors (Lipinski definition) is 3. The first kappa shape index (κ1) is 14.2. The summed E-state index contributed by atoms with van der Waals surface area (Å²) in [5.41, 5.74) is 1.82. The van der Waals surface area contributed by atoms with E-state index in [9.17, 15) is 9.18 Å². The zero-order valence-corrected chi connectivity index (χ0v) is 12.6. The van der Waals surface area contributed by atoms with Crippen LogP contribution < -0.4 is 5.32 Å². The maximum atomic E-state index is 13.1. The number of fused-ring (bicyclic) bond motifs is 1. The third-order valence-corrected chi connectivity index (χ3v) is 4.86. The molecule has 5 heteroatoms. The monoisotopic (exact) mass is 304 g/mol. The van der Waals surface area contributed by atoms with Crippen LogP contribution in [-0.2, 0) is 11.2 Å². The molecule has 0 saturated heterocycles. The highest BCUT2D eigenvalue weighted by molar-refractivity contribution is 7.10. The van der Waals surface area contributed by atoms with Gasteiger partial charge in [0.2, 0.25) is 5.91 Å². The predicted molar refractivity (Wildman–Crippen MR) is 83.0 cm³/mol. The molecule has 0 spiro atoms. The molecule has 1 atom stereocenters. The van der Waals surface area contributed by atoms with E-state index in [0.29, 0.717) is 12.2 Å². The molecule has 0 radical (unpaired) electrons. The van der Waals surface area contributed by atoms with Crippen molar-refractivity contribution in [3.63, 3.8) is 0 Å². The second-order valence-corrected chi connectivity index (χ2v) is 6.25. The van der Waals surface area contributed by atoms with Gasteiger partial charge in [-0.05, 0) is 48.6 Å². The van der Waals surface area contributed by atoms with E-state index in [0.717, 1.165) is 13.0 Å². The van der Waals surface area contributed by atoms with E-state index < -0.39 is 0 Å². The van der Waals surface area contributed by atoms with Crippen molar-refractivity contribution in [1.82, 2.24) is 4.90 Å². The molecule has 0 unspecified atom stereocenters. The van der Waals surface area contributed by atoms with Gasteiger partial charge in [0.1, 0.15) is 5.82 Å². The average molecular weight is 304 g/mol. The van der Waals surface area contributed by atoms with Gasteiger partial charge in [-0.2, -0.15) is 0 Å². The van der Waals surface area contributed by atoms with Crippen molar-refractivity contribution in [1.29, 1.82) is 0 Å². The molecular weight excluding hydrogens is 287 g/mol. The van der Waals surface area contributed by atoms with E-state index in [2.05, 4.69) is 28.6 Å². The van der Waals surface area contributed by atoms with Crippen LogP contribution >= 0.6 is 11.3 Å². The third kappa shape index (κ3) is 3.14. The molecule has 1 aromatic heterocycles. The normalized spacial score (nSPS) is 18.3. The lowest BCUT2D eigenvalue weighted by atomic mass is 10.0. The molecule has 1 aliphatic heterocycles. The van der Waals surface area contributed by atoms with Crippen LogP contribution in [0, 0.1) is 5.82 Å². The highest BCUT2D eigenvalue weighted by atomic mass is 32.1. The van der Waals surface area contributed by atoms with Gasteiger partial charge in [0.15, 0.2) is 0 Å². The summed E-state index contributed by atoms with van der Waals surface area (Å²) in [7, 11) is 0. The minimum atomic E-state index is -0.345. The SMILES string of the molecule is C[C@H]1c2ccsc2CCN1CC(=O)Nc1cccc(F)c1. The van der Waals surface area contributed by atoms with Crippen molar-refractivity contribution in [3.8, 4) is 0 Å². The van der Waals surface area contributed by atoms with Crippen molar-refractivity contribution in [3.05, 3.63) is 52.0 Å². The Labute approximate surface area is 127 Å². The number of amides is 1. The Morgan fingerprint density at radius 1 is 1.48 bits per heavy atom. The van der Waals surface area contributed by atoms with Crippen LogP contribution in [0.1, 0.15) is 23.4 Å². The first-order valence-corrected chi connectivity index (χ1v) is 7.87. The zero-order valence-electron chi connectivity index (χ0n) is 11.8. The van der Waals surface area contributed by atoms with E-state index in [4.69, 9.17) is 0 Å². The van der Waals surface area contributed by atoms with Gasteiger partial charge in [-0.1, -0.05) is 6.07 Å². The van der Waals surface area contributed by atoms with Gasteiger partial charge in [0, 0.05) is 23.2 Å². The maximum Gasteiger partial charge on any atom is 0.238 e. The standard InChI is InChI=1S/C16H17FN2OS/c1-11-14-6-8-21-15(14)5-7-19(11)10-16(20)18-13-4-2-3-12(17)9-13/h2-4,6,8-9,11H,5,7,10H2,1H3,(H,18,20)/t11-/m0/s1. The summed E-state index contributed by atoms with van der Waals surface area (Å²) in [6.45, 7) is 3.33. The minimum Gasteiger partial charge on any atom is -0.325 e. The zero-order chi connectivity index (χ0) is 14.8. The molecule has 0 aliphatic carbocycles. The molecule has 3 rings (SSSR count). The molecule has 3 nitrogen and oxygen atoms in total. The predicted octanol–water partition coefficient (Wildman–Crippen LogP) is 3.45. The fourth-order valence-electron chi connectivity index (χ4n) is 2.73. The van der Waals surface area contributed by atoms with Crippen LogP contribution in [0.15, 0.2) is 35.7 Å². The van der Waals surface area contributed by atoms with Crippen LogP contribution in [0.3, 0.4) is 0 Å². The molecular formula is C16H17FN2OS. The second kappa shape index (κ2) is 5.95. The van der Waals surface area contributed by atoms with Gasteiger partial charge in [0.05, 0.1) is 6.54 Å². The third-order valence-electron chi connectivity index (χ3n) is 3.86. The van der Waals surface area contributed by atoms with Gasteiger partial charge in [-0.25, -0.2) is 4.39 Å². The fraction of sp³-hybridized carbons (Fsp3) is 0.312. The summed E-state index contributed by atoms with van der Waals surface area (Å²) in [6, 6.07) is 8.36. The summed E-state index contributed by atoms with van der Waals surface area (Å²) in [4.78, 5) is 15.7. The fourth-order valence-corrected chi connectivity index (χ4v) is 3.69. The maximum absolute atomic E-state index is 13.1. The van der Waals surface area contributed by atoms with Crippen LogP contribution in [0.4, 0.5) is 10.1 Å². The second-order valence-electron chi connectivity index (χ2n) is 5.25. The van der Waals surface area contributed by atoms with E-state index >= 15 is 0 Å². The average Bonchev–Trinajstić information content (AvgIpc) is 2.91. The minimum absolute atomic E-state index is 0.105. The smallest absolute Gasteiger partial charge is 0.238 e. The summed E-state index contributed by atoms with van der Waals surface area (Å²) in [6.07, 6.45) is 0.991. The Morgan fingerprint density at radius 2 is 2.33 bits per heavy atom. The quantitative estimate of drug-likeness (QED) is 0.942. The van der Waals surface area contributed by atoms with Crippen molar-refractivity contribution in [2.75, 3.05) is 18.4 Å². The molecule has 2 aromatic rings. The Hall–Kier alpha value is -1.72. The lowest BCUT2D eigenvalue weighted by Crippen LogP contribution is -2.39. The molecule has 1 aromatic carbocycles. The van der Waals surface area contributed by atoms with Crippen molar-refractivity contribution < 1.29 is 9.18 Å². The summed E-state index contributed by atoms with van der Waals surface area (Å²) >= 11 is 1.79. The summed E-state index contributed by atoms with van der Waals surface area (Å²) < 4.78 is 13.1. The lowest BCUT2D eigenvalue weighted by Gasteiger charge is -2.32. The van der Waals surface area contributed by atoms with Crippen molar-refractivity contribution in [2.24, 2.45) is 0 Å². The number of carbonyl (C=O) groups excluding carboxylic acids is 1. The number of carbonyl (C=O) groups is 1. The molecule has 1 aliphatic rings. The van der Waals surface area contributed by atoms with Crippen LogP contribution in [0.25, 0.3) is 0 Å². The van der Waals surface area contributed by atoms with E-state index in [1.807, 2.05) is 0 Å². The molecule has 2 heterocycles. The number of nitrogens with zero attached hydrogens (tertiary/aromatic N) is 1. The van der Waals surface area contributed by atoms with Crippen LogP contribution in [-0.4, -0.2) is 23.9 Å². The number of nitrogens with one attached hydrogen (secondary N) is 1. The van der Waals surface area contributed by atoms with Gasteiger partial charge in [-0.3, -0.25) is 9.69 Å². The lowest BCUT2D eigenvalue weighted by molar-refractivity contribution is -0.117. The Balaban J connectivity index is 1.63. The molecule has 0 fully saturated rings. The number of anilines is 1. The molecule has 1 N–H and O–H groups in total. The Morgan fingerprint density at radius 3 is 3.14 bits per heavy atom. The number of rotatable bonds is 3. The van der Waals surface area contributed by atoms with Crippen molar-refractivity contribution >= 4 is 22.9 Å². The molecule has 0 bridgehead atoms. The first-order chi connectivity index (χ1) is 10.1.